The number of aryl methyl sites for hydroxylation is 1. The molecule has 0 aliphatic carbocycles. The molecular formula is C16H19N3O. The highest BCUT2D eigenvalue weighted by Gasteiger charge is 2.10. The first-order valence-corrected chi connectivity index (χ1v) is 6.74. The quantitative estimate of drug-likeness (QED) is 0.900. The number of hydrogen-bond acceptors (Lipinski definition) is 3. The average molecular weight is 269 g/mol. The minimum Gasteiger partial charge on any atom is -0.496 e. The molecule has 0 amide bonds. The van der Waals surface area contributed by atoms with Gasteiger partial charge < -0.3 is 9.72 Å². The van der Waals surface area contributed by atoms with E-state index in [9.17, 15) is 0 Å². The zero-order valence-corrected chi connectivity index (χ0v) is 12.1. The Bertz CT molecular complexity index is 623. The lowest BCUT2D eigenvalue weighted by atomic mass is 9.98. The molecule has 104 valence electrons. The monoisotopic (exact) mass is 269 g/mol. The van der Waals surface area contributed by atoms with Crippen LogP contribution in [0.1, 0.15) is 37.6 Å². The number of nitriles is 1. The van der Waals surface area contributed by atoms with E-state index in [2.05, 4.69) is 36.0 Å². The molecule has 0 unspecified atom stereocenters. The van der Waals surface area contributed by atoms with Crippen molar-refractivity contribution in [1.29, 1.82) is 5.26 Å². The van der Waals surface area contributed by atoms with Gasteiger partial charge in [0.2, 0.25) is 0 Å². The van der Waals surface area contributed by atoms with Crippen LogP contribution in [0.5, 0.6) is 5.75 Å². The van der Waals surface area contributed by atoms with E-state index in [-0.39, 0.29) is 0 Å². The smallest absolute Gasteiger partial charge is 0.122 e. The van der Waals surface area contributed by atoms with Crippen LogP contribution in [-0.4, -0.2) is 17.1 Å². The lowest BCUT2D eigenvalue weighted by Gasteiger charge is -2.13. The van der Waals surface area contributed by atoms with E-state index in [1.165, 1.54) is 5.56 Å². The molecule has 2 aromatic rings. The van der Waals surface area contributed by atoms with Crippen LogP contribution in [0.2, 0.25) is 0 Å². The van der Waals surface area contributed by atoms with Gasteiger partial charge in [0.15, 0.2) is 0 Å². The van der Waals surface area contributed by atoms with Gasteiger partial charge in [-0.1, -0.05) is 13.8 Å². The van der Waals surface area contributed by atoms with Crippen molar-refractivity contribution in [1.82, 2.24) is 9.97 Å². The molecule has 0 aliphatic heterocycles. The third-order valence-corrected chi connectivity index (χ3v) is 3.26. The number of H-pyrrole nitrogens is 1. The van der Waals surface area contributed by atoms with E-state index in [1.54, 1.807) is 7.11 Å². The zero-order valence-electron chi connectivity index (χ0n) is 12.1. The van der Waals surface area contributed by atoms with Gasteiger partial charge in [-0.2, -0.15) is 5.26 Å². The number of rotatable bonds is 5. The number of aromatic amines is 1. The SMILES string of the molecule is COc1ccc(-c2cnc(CCC#N)[nH]2)cc1C(C)C. The molecule has 1 N–H and O–H groups in total. The van der Waals surface area contributed by atoms with E-state index in [0.29, 0.717) is 18.8 Å². The summed E-state index contributed by atoms with van der Waals surface area (Å²) in [5, 5.41) is 8.60. The van der Waals surface area contributed by atoms with Crippen molar-refractivity contribution in [2.45, 2.75) is 32.6 Å². The average Bonchev–Trinajstić information content (AvgIpc) is 2.93. The second kappa shape index (κ2) is 6.25. The topological polar surface area (TPSA) is 61.7 Å². The van der Waals surface area contributed by atoms with Crippen LogP contribution in [0.3, 0.4) is 0 Å². The number of benzene rings is 1. The molecule has 0 atom stereocenters. The molecule has 1 aromatic heterocycles. The molecule has 2 rings (SSSR count). The molecule has 0 fully saturated rings. The van der Waals surface area contributed by atoms with Gasteiger partial charge in [-0.15, -0.1) is 0 Å². The van der Waals surface area contributed by atoms with Gasteiger partial charge in [-0.25, -0.2) is 4.98 Å². The van der Waals surface area contributed by atoms with E-state index in [1.807, 2.05) is 18.3 Å². The van der Waals surface area contributed by atoms with Gasteiger partial charge in [-0.3, -0.25) is 0 Å². The Morgan fingerprint density at radius 2 is 2.20 bits per heavy atom. The van der Waals surface area contributed by atoms with Gasteiger partial charge >= 0.3 is 0 Å². The van der Waals surface area contributed by atoms with Crippen LogP contribution in [0.4, 0.5) is 0 Å². The highest BCUT2D eigenvalue weighted by atomic mass is 16.5. The highest BCUT2D eigenvalue weighted by molar-refractivity contribution is 5.62. The number of aromatic nitrogens is 2. The number of ether oxygens (including phenoxy) is 1. The highest BCUT2D eigenvalue weighted by Crippen LogP contribution is 2.30. The summed E-state index contributed by atoms with van der Waals surface area (Å²) < 4.78 is 5.39. The van der Waals surface area contributed by atoms with Crippen LogP contribution < -0.4 is 4.74 Å². The number of nitrogens with zero attached hydrogens (tertiary/aromatic N) is 2. The van der Waals surface area contributed by atoms with Crippen molar-refractivity contribution in [3.8, 4) is 23.1 Å². The van der Waals surface area contributed by atoms with Crippen LogP contribution in [0.15, 0.2) is 24.4 Å². The molecule has 4 heteroatoms. The fraction of sp³-hybridized carbons (Fsp3) is 0.375. The summed E-state index contributed by atoms with van der Waals surface area (Å²) in [5.74, 6) is 2.15. The van der Waals surface area contributed by atoms with Gasteiger partial charge in [0, 0.05) is 18.4 Å². The summed E-state index contributed by atoms with van der Waals surface area (Å²) in [6.45, 7) is 4.29. The Kier molecular flexibility index (Phi) is 4.41. The van der Waals surface area contributed by atoms with Gasteiger partial charge in [0.1, 0.15) is 11.6 Å². The zero-order chi connectivity index (χ0) is 14.5. The van der Waals surface area contributed by atoms with Gasteiger partial charge in [-0.05, 0) is 29.7 Å². The van der Waals surface area contributed by atoms with Crippen molar-refractivity contribution in [3.05, 3.63) is 35.8 Å². The normalized spacial score (nSPS) is 10.6. The van der Waals surface area contributed by atoms with E-state index >= 15 is 0 Å². The van der Waals surface area contributed by atoms with Gasteiger partial charge in [0.25, 0.3) is 0 Å². The molecule has 1 heterocycles. The Morgan fingerprint density at radius 1 is 1.40 bits per heavy atom. The maximum absolute atomic E-state index is 8.60. The van der Waals surface area contributed by atoms with E-state index in [4.69, 9.17) is 10.00 Å². The summed E-state index contributed by atoms with van der Waals surface area (Å²) in [6.07, 6.45) is 2.95. The first-order valence-electron chi connectivity index (χ1n) is 6.74. The van der Waals surface area contributed by atoms with Crippen LogP contribution in [-0.2, 0) is 6.42 Å². The number of hydrogen-bond donors (Lipinski definition) is 1. The Labute approximate surface area is 119 Å². The Hall–Kier alpha value is -2.28. The molecule has 4 nitrogen and oxygen atoms in total. The van der Waals surface area contributed by atoms with Crippen molar-refractivity contribution in [3.63, 3.8) is 0 Å². The molecule has 20 heavy (non-hydrogen) atoms. The predicted molar refractivity (Wildman–Crippen MR) is 78.6 cm³/mol. The van der Waals surface area contributed by atoms with Crippen molar-refractivity contribution < 1.29 is 4.74 Å². The summed E-state index contributed by atoms with van der Waals surface area (Å²) >= 11 is 0. The molecule has 0 saturated heterocycles. The van der Waals surface area contributed by atoms with Crippen LogP contribution >= 0.6 is 0 Å². The summed E-state index contributed by atoms with van der Waals surface area (Å²) in [7, 11) is 1.69. The number of methoxy groups -OCH3 is 1. The fourth-order valence-electron chi connectivity index (χ4n) is 2.16. The van der Waals surface area contributed by atoms with Crippen LogP contribution in [0, 0.1) is 11.3 Å². The maximum atomic E-state index is 8.60. The second-order valence-electron chi connectivity index (χ2n) is 5.01. The summed E-state index contributed by atoms with van der Waals surface area (Å²) in [6, 6.07) is 8.26. The third-order valence-electron chi connectivity index (χ3n) is 3.26. The van der Waals surface area contributed by atoms with Crippen molar-refractivity contribution in [2.75, 3.05) is 7.11 Å². The Balaban J connectivity index is 2.31. The third kappa shape index (κ3) is 3.00. The largest absolute Gasteiger partial charge is 0.496 e. The molecule has 0 bridgehead atoms. The first-order chi connectivity index (χ1) is 9.65. The fourth-order valence-corrected chi connectivity index (χ4v) is 2.16. The lowest BCUT2D eigenvalue weighted by molar-refractivity contribution is 0.407. The van der Waals surface area contributed by atoms with Crippen LogP contribution in [0.25, 0.3) is 11.3 Å². The Morgan fingerprint density at radius 3 is 2.85 bits per heavy atom. The lowest BCUT2D eigenvalue weighted by Crippen LogP contribution is -1.95. The standard InChI is InChI=1S/C16H19N3O/c1-11(2)13-9-12(6-7-15(13)20-3)14-10-18-16(19-14)5-4-8-17/h6-7,9-11H,4-5H2,1-3H3,(H,18,19). The van der Waals surface area contributed by atoms with Crippen molar-refractivity contribution in [2.24, 2.45) is 0 Å². The number of nitrogens with one attached hydrogen (secondary N) is 1. The molecule has 0 saturated carbocycles. The minimum atomic E-state index is 0.394. The molecule has 0 spiro atoms. The first kappa shape index (κ1) is 14.1. The predicted octanol–water partition coefficient (Wildman–Crippen LogP) is 3.66. The second-order valence-corrected chi connectivity index (χ2v) is 5.01. The molecular weight excluding hydrogens is 250 g/mol. The molecule has 1 aromatic carbocycles. The van der Waals surface area contributed by atoms with E-state index < -0.39 is 0 Å². The number of imidazole rings is 1. The maximum Gasteiger partial charge on any atom is 0.122 e. The summed E-state index contributed by atoms with van der Waals surface area (Å²) in [5.41, 5.74) is 3.24. The molecule has 0 radical (unpaired) electrons. The van der Waals surface area contributed by atoms with Crippen molar-refractivity contribution >= 4 is 0 Å². The summed E-state index contributed by atoms with van der Waals surface area (Å²) in [4.78, 5) is 7.57. The van der Waals surface area contributed by atoms with E-state index in [0.717, 1.165) is 22.8 Å². The minimum absolute atomic E-state index is 0.394. The molecule has 0 aliphatic rings. The van der Waals surface area contributed by atoms with Gasteiger partial charge in [0.05, 0.1) is 25.1 Å².